The average molecular weight is 1890 g/mol. The number of carbonyl (C=O) groups excluding carboxylic acids is 5. The van der Waals surface area contributed by atoms with E-state index in [-0.39, 0.29) is 66.5 Å². The fourth-order valence-electron chi connectivity index (χ4n) is 19.7. The van der Waals surface area contributed by atoms with Crippen LogP contribution in [0.1, 0.15) is 550 Å². The van der Waals surface area contributed by atoms with Gasteiger partial charge in [-0.2, -0.15) is 0 Å². The van der Waals surface area contributed by atoms with E-state index >= 15 is 0 Å². The molecule has 18 nitrogen and oxygen atoms in total. The number of ether oxygens (including phenoxy) is 5. The highest BCUT2D eigenvalue weighted by Crippen LogP contribution is 2.28. The van der Waals surface area contributed by atoms with Gasteiger partial charge in [-0.15, -0.1) is 0 Å². The molecule has 0 spiro atoms. The molecular weight excluding hydrogens is 1660 g/mol. The number of carbonyl (C=O) groups is 5. The molecule has 0 amide bonds. The first-order valence-electron chi connectivity index (χ1n) is 58.5. The van der Waals surface area contributed by atoms with Crippen LogP contribution in [0.5, 0.6) is 0 Å². The van der Waals surface area contributed by atoms with Crippen LogP contribution in [0.4, 0.5) is 0 Å². The molecule has 8 atom stereocenters. The summed E-state index contributed by atoms with van der Waals surface area (Å²) in [7, 11) is 0. The van der Waals surface area contributed by atoms with Crippen molar-refractivity contribution in [2.24, 2.45) is 23.7 Å². The lowest BCUT2D eigenvalue weighted by Gasteiger charge is -2.34. The van der Waals surface area contributed by atoms with Gasteiger partial charge in [0.05, 0.1) is 68.4 Å². The molecule has 1 rings (SSSR count). The van der Waals surface area contributed by atoms with Gasteiger partial charge >= 0.3 is 29.8 Å². The van der Waals surface area contributed by atoms with E-state index in [1.807, 2.05) is 0 Å². The van der Waals surface area contributed by atoms with E-state index in [9.17, 15) is 44.4 Å². The maximum absolute atomic E-state index is 13.4. The van der Waals surface area contributed by atoms with E-state index in [1.165, 1.54) is 205 Å². The van der Waals surface area contributed by atoms with Crippen molar-refractivity contribution in [1.82, 2.24) is 19.6 Å². The van der Waals surface area contributed by atoms with Crippen molar-refractivity contribution >= 4 is 29.8 Å². The van der Waals surface area contributed by atoms with Gasteiger partial charge in [0.25, 0.3) is 0 Å². The summed E-state index contributed by atoms with van der Waals surface area (Å²) < 4.78 is 29.5. The van der Waals surface area contributed by atoms with Crippen molar-refractivity contribution in [3.8, 4) is 0 Å². The Balaban J connectivity index is 3.27. The van der Waals surface area contributed by atoms with Gasteiger partial charge in [0.1, 0.15) is 12.7 Å². The minimum Gasteiger partial charge on any atom is -0.465 e. The van der Waals surface area contributed by atoms with Crippen LogP contribution in [0.25, 0.3) is 0 Å². The van der Waals surface area contributed by atoms with Crippen molar-refractivity contribution in [3.63, 3.8) is 0 Å². The number of hydrogen-bond acceptors (Lipinski definition) is 18. The fraction of sp³-hybridized carbons (Fsp3) is 0.957. The van der Waals surface area contributed by atoms with Gasteiger partial charge in [0.2, 0.25) is 0 Å². The Labute approximate surface area is 822 Å². The first kappa shape index (κ1) is 128. The molecule has 788 valence electrons. The van der Waals surface area contributed by atoms with Crippen LogP contribution in [0.15, 0.2) is 0 Å². The Kier molecular flexibility index (Phi) is 94.2. The summed E-state index contributed by atoms with van der Waals surface area (Å²) in [5, 5.41) is 47.4. The Morgan fingerprint density at radius 2 is 0.376 bits per heavy atom. The van der Waals surface area contributed by atoms with E-state index < -0.39 is 24.4 Å². The molecule has 1 saturated heterocycles. The molecule has 4 N–H and O–H groups in total. The van der Waals surface area contributed by atoms with Crippen LogP contribution in [0.3, 0.4) is 0 Å². The number of aliphatic hydroxyl groups excluding tert-OH is 4. The summed E-state index contributed by atoms with van der Waals surface area (Å²) in [6.45, 7) is 27.6. The van der Waals surface area contributed by atoms with E-state index in [1.54, 1.807) is 0 Å². The monoisotopic (exact) mass is 1890 g/mol. The largest absolute Gasteiger partial charge is 0.465 e. The van der Waals surface area contributed by atoms with Crippen molar-refractivity contribution in [3.05, 3.63) is 0 Å². The molecule has 1 aliphatic heterocycles. The number of esters is 5. The van der Waals surface area contributed by atoms with Crippen molar-refractivity contribution in [2.75, 3.05) is 112 Å². The number of hydrogen-bond donors (Lipinski definition) is 4. The van der Waals surface area contributed by atoms with Crippen molar-refractivity contribution in [1.29, 1.82) is 0 Å². The maximum Gasteiger partial charge on any atom is 0.308 e. The van der Waals surface area contributed by atoms with Crippen LogP contribution in [0, 0.1) is 23.7 Å². The number of nitrogens with zero attached hydrogens (tertiary/aromatic N) is 4. The molecule has 0 aromatic rings. The van der Waals surface area contributed by atoms with Crippen LogP contribution >= 0.6 is 0 Å². The molecule has 0 bridgehead atoms. The second-order valence-corrected chi connectivity index (χ2v) is 41.5. The molecular formula is C115H224N4O14. The zero-order valence-electron chi connectivity index (χ0n) is 89.2. The van der Waals surface area contributed by atoms with Crippen LogP contribution in [-0.4, -0.2) is 206 Å². The van der Waals surface area contributed by atoms with Gasteiger partial charge in [0, 0.05) is 58.8 Å². The summed E-state index contributed by atoms with van der Waals surface area (Å²) in [6.07, 6.45) is 80.0. The third kappa shape index (κ3) is 82.3. The molecule has 0 aliphatic carbocycles. The van der Waals surface area contributed by atoms with Gasteiger partial charge in [-0.25, -0.2) is 0 Å². The highest BCUT2D eigenvalue weighted by Gasteiger charge is 2.27. The van der Waals surface area contributed by atoms with Crippen LogP contribution in [-0.2, 0) is 47.7 Å². The Morgan fingerprint density at radius 3 is 0.594 bits per heavy atom. The second kappa shape index (κ2) is 97.8. The van der Waals surface area contributed by atoms with Crippen molar-refractivity contribution < 1.29 is 68.1 Å². The van der Waals surface area contributed by atoms with Gasteiger partial charge in [-0.3, -0.25) is 43.6 Å². The first-order chi connectivity index (χ1) is 65.1. The van der Waals surface area contributed by atoms with Gasteiger partial charge in [-0.05, 0) is 142 Å². The van der Waals surface area contributed by atoms with Crippen molar-refractivity contribution in [2.45, 2.75) is 574 Å². The normalized spacial score (nSPS) is 15.6. The molecule has 18 heteroatoms. The minimum absolute atomic E-state index is 0.00358. The van der Waals surface area contributed by atoms with Crippen LogP contribution in [0.2, 0.25) is 0 Å². The summed E-state index contributed by atoms with van der Waals surface area (Å²) in [6, 6.07) is 0. The highest BCUT2D eigenvalue weighted by atomic mass is 16.6. The minimum atomic E-state index is -0.887. The lowest BCUT2D eigenvalue weighted by Crippen LogP contribution is -2.46. The standard InChI is InChI=1S/C115H224N4O14/c1-9-17-25-33-44-60-78-103(74-56-29-21-13-5)112(125)129-94-68-52-40-37-48-64-82-107(120)98-116-86-72-87-118(100-109(122)84-66-50-39-42-54-70-96-131-114(127)105(76-58-31-23-15-7)80-62-46-35-27-19-11-3)92-93-119(101-110(123)102-133-111(124)85-67-51-43-55-71-97-132-115(128)106(77-59-32-24-16-8)81-63-47-36-28-20-12-4)89-73-88-117(91-90-116)99-108(121)83-65-49-38-41-53-69-95-130-113(126)104(75-57-30-22-14-6)79-61-45-34-26-18-10-2/h103-110,120-123H,9-102H2,1-8H3. The molecule has 8 unspecified atom stereocenters. The number of rotatable bonds is 97. The predicted molar refractivity (Wildman–Crippen MR) is 559 cm³/mol. The van der Waals surface area contributed by atoms with Gasteiger partial charge in [-0.1, -0.05) is 428 Å². The fourth-order valence-corrected chi connectivity index (χ4v) is 19.7. The lowest BCUT2D eigenvalue weighted by molar-refractivity contribution is -0.150. The summed E-state index contributed by atoms with van der Waals surface area (Å²) in [5.74, 6) is -0.189. The molecule has 0 aromatic carbocycles. The summed E-state index contributed by atoms with van der Waals surface area (Å²) >= 11 is 0. The number of aliphatic hydroxyl groups is 4. The number of unbranched alkanes of at least 4 members (excludes halogenated alkanes) is 51. The Hall–Kier alpha value is -2.97. The highest BCUT2D eigenvalue weighted by molar-refractivity contribution is 5.73. The molecule has 0 aromatic heterocycles. The smallest absolute Gasteiger partial charge is 0.308 e. The van der Waals surface area contributed by atoms with E-state index in [0.29, 0.717) is 85.1 Å². The van der Waals surface area contributed by atoms with E-state index in [2.05, 4.69) is 75.0 Å². The zero-order valence-corrected chi connectivity index (χ0v) is 89.2. The van der Waals surface area contributed by atoms with E-state index in [4.69, 9.17) is 23.7 Å². The SMILES string of the molecule is CCCCCCCCC(CCCCCC)C(=O)OCCCCCCCCC(O)CN1CCCN(CC(O)CCCCCCCCOC(=O)C(CCCCCC)CCCCCCCC)CCN(CC(O)COC(=O)CCCCCCCOC(=O)C(CCCCCC)CCCCCCCC)CCCN(CC(O)CCCCCCCCOC(=O)C(CCCCCC)CCCCCCCC)CC1. The summed E-state index contributed by atoms with van der Waals surface area (Å²) in [5.41, 5.74) is 0. The summed E-state index contributed by atoms with van der Waals surface area (Å²) in [4.78, 5) is 76.2. The van der Waals surface area contributed by atoms with Gasteiger partial charge in [0.15, 0.2) is 0 Å². The second-order valence-electron chi connectivity index (χ2n) is 41.5. The molecule has 1 fully saturated rings. The predicted octanol–water partition coefficient (Wildman–Crippen LogP) is 29.0. The van der Waals surface area contributed by atoms with Gasteiger partial charge < -0.3 is 44.1 Å². The molecule has 1 heterocycles. The molecule has 133 heavy (non-hydrogen) atoms. The molecule has 1 aliphatic rings. The topological polar surface area (TPSA) is 225 Å². The Bertz CT molecular complexity index is 2500. The third-order valence-electron chi connectivity index (χ3n) is 28.6. The van der Waals surface area contributed by atoms with Crippen LogP contribution < -0.4 is 0 Å². The zero-order chi connectivity index (χ0) is 96.8. The quantitative estimate of drug-likeness (QED) is 0.0252. The number of β-amino-alcohol motifs (C(OH)–C–C–N with tert-alkyl or cyclic N) is 4. The third-order valence-corrected chi connectivity index (χ3v) is 28.6. The first-order valence-corrected chi connectivity index (χ1v) is 58.5. The van der Waals surface area contributed by atoms with E-state index in [0.717, 1.165) is 302 Å². The molecule has 0 saturated carbocycles. The molecule has 0 radical (unpaired) electrons. The lowest BCUT2D eigenvalue weighted by atomic mass is 9.94. The Morgan fingerprint density at radius 1 is 0.203 bits per heavy atom. The average Bonchev–Trinajstić information content (AvgIpc) is 0.920. The maximum atomic E-state index is 13.4.